The highest BCUT2D eigenvalue weighted by Crippen LogP contribution is 2.24. The lowest BCUT2D eigenvalue weighted by molar-refractivity contribution is -0.124. The van der Waals surface area contributed by atoms with E-state index in [-0.39, 0.29) is 11.9 Å². The van der Waals surface area contributed by atoms with Gasteiger partial charge < -0.3 is 11.1 Å². The second kappa shape index (κ2) is 6.49. The van der Waals surface area contributed by atoms with Crippen molar-refractivity contribution in [1.29, 1.82) is 0 Å². The van der Waals surface area contributed by atoms with Crippen LogP contribution in [0, 0.1) is 6.92 Å². The molecule has 7 heteroatoms. The van der Waals surface area contributed by atoms with Crippen molar-refractivity contribution in [3.8, 4) is 0 Å². The van der Waals surface area contributed by atoms with Crippen molar-refractivity contribution in [1.82, 2.24) is 15.5 Å². The summed E-state index contributed by atoms with van der Waals surface area (Å²) in [7, 11) is 0. The van der Waals surface area contributed by atoms with Crippen LogP contribution in [0.3, 0.4) is 0 Å². The van der Waals surface area contributed by atoms with Crippen LogP contribution in [0.1, 0.15) is 32.2 Å². The quantitative estimate of drug-likeness (QED) is 0.744. The van der Waals surface area contributed by atoms with Gasteiger partial charge in [-0.1, -0.05) is 23.1 Å². The van der Waals surface area contributed by atoms with E-state index in [1.54, 1.807) is 23.1 Å². The zero-order chi connectivity index (χ0) is 13.8. The SMILES string of the molecule is Cc1nnc(SCCC(C)(NC(C)C)C(N)=O)s1. The van der Waals surface area contributed by atoms with Gasteiger partial charge in [0.25, 0.3) is 0 Å². The molecule has 0 aliphatic carbocycles. The van der Waals surface area contributed by atoms with Gasteiger partial charge in [-0.3, -0.25) is 4.79 Å². The Morgan fingerprint density at radius 1 is 1.56 bits per heavy atom. The minimum absolute atomic E-state index is 0.219. The largest absolute Gasteiger partial charge is 0.368 e. The average molecular weight is 288 g/mol. The second-order valence-electron chi connectivity index (χ2n) is 4.68. The van der Waals surface area contributed by atoms with Gasteiger partial charge in [0.1, 0.15) is 5.01 Å². The zero-order valence-electron chi connectivity index (χ0n) is 11.2. The van der Waals surface area contributed by atoms with Crippen molar-refractivity contribution in [3.05, 3.63) is 5.01 Å². The molecule has 18 heavy (non-hydrogen) atoms. The van der Waals surface area contributed by atoms with Crippen molar-refractivity contribution in [3.63, 3.8) is 0 Å². The molecule has 1 aromatic rings. The van der Waals surface area contributed by atoms with Crippen LogP contribution in [0.2, 0.25) is 0 Å². The Morgan fingerprint density at radius 3 is 2.67 bits per heavy atom. The number of carbonyl (C=O) groups excluding carboxylic acids is 1. The molecule has 0 spiro atoms. The number of aryl methyl sites for hydroxylation is 1. The van der Waals surface area contributed by atoms with Crippen LogP contribution in [0.25, 0.3) is 0 Å². The van der Waals surface area contributed by atoms with E-state index >= 15 is 0 Å². The molecule has 0 aromatic carbocycles. The molecular formula is C11H20N4OS2. The molecule has 1 unspecified atom stereocenters. The van der Waals surface area contributed by atoms with E-state index in [0.717, 1.165) is 15.1 Å². The Morgan fingerprint density at radius 2 is 2.22 bits per heavy atom. The number of hydrogen-bond acceptors (Lipinski definition) is 6. The first-order valence-electron chi connectivity index (χ1n) is 5.84. The molecule has 5 nitrogen and oxygen atoms in total. The van der Waals surface area contributed by atoms with Gasteiger partial charge in [0, 0.05) is 11.8 Å². The molecule has 0 saturated carbocycles. The third kappa shape index (κ3) is 4.55. The number of rotatable bonds is 7. The molecule has 0 saturated heterocycles. The highest BCUT2D eigenvalue weighted by molar-refractivity contribution is 8.01. The predicted molar refractivity (Wildman–Crippen MR) is 75.9 cm³/mol. The predicted octanol–water partition coefficient (Wildman–Crippen LogP) is 1.57. The van der Waals surface area contributed by atoms with Gasteiger partial charge in [-0.05, 0) is 34.1 Å². The molecule has 1 amide bonds. The number of primary amides is 1. The molecular weight excluding hydrogens is 268 g/mol. The standard InChI is InChI=1S/C11H20N4OS2/c1-7(2)13-11(4,9(12)16)5-6-17-10-15-14-8(3)18-10/h7,13H,5-6H2,1-4H3,(H2,12,16). The number of amides is 1. The van der Waals surface area contributed by atoms with Crippen molar-refractivity contribution >= 4 is 29.0 Å². The van der Waals surface area contributed by atoms with Gasteiger partial charge in [-0.25, -0.2) is 0 Å². The first-order chi connectivity index (χ1) is 8.33. The molecule has 1 aromatic heterocycles. The molecule has 1 atom stereocenters. The third-order valence-corrected chi connectivity index (χ3v) is 4.46. The lowest BCUT2D eigenvalue weighted by Gasteiger charge is -2.29. The van der Waals surface area contributed by atoms with Crippen molar-refractivity contribution in [2.75, 3.05) is 5.75 Å². The van der Waals surface area contributed by atoms with E-state index in [4.69, 9.17) is 5.73 Å². The number of nitrogens with two attached hydrogens (primary N) is 1. The highest BCUT2D eigenvalue weighted by Gasteiger charge is 2.30. The molecule has 1 heterocycles. The fourth-order valence-corrected chi connectivity index (χ4v) is 3.63. The maximum atomic E-state index is 11.5. The molecule has 3 N–H and O–H groups in total. The molecule has 0 fully saturated rings. The second-order valence-corrected chi connectivity index (χ2v) is 7.20. The van der Waals surface area contributed by atoms with E-state index in [9.17, 15) is 4.79 Å². The summed E-state index contributed by atoms with van der Waals surface area (Å²) >= 11 is 3.17. The summed E-state index contributed by atoms with van der Waals surface area (Å²) in [6.45, 7) is 7.78. The summed E-state index contributed by atoms with van der Waals surface area (Å²) in [6.07, 6.45) is 0.670. The Labute approximate surface area is 116 Å². The van der Waals surface area contributed by atoms with Gasteiger partial charge in [0.05, 0.1) is 5.54 Å². The first-order valence-corrected chi connectivity index (χ1v) is 7.64. The first kappa shape index (κ1) is 15.4. The van der Waals surface area contributed by atoms with E-state index in [0.29, 0.717) is 6.42 Å². The van der Waals surface area contributed by atoms with Gasteiger partial charge in [-0.2, -0.15) is 0 Å². The lowest BCUT2D eigenvalue weighted by Crippen LogP contribution is -2.55. The monoisotopic (exact) mass is 288 g/mol. The van der Waals surface area contributed by atoms with Crippen LogP contribution >= 0.6 is 23.1 Å². The molecule has 102 valence electrons. The maximum absolute atomic E-state index is 11.5. The number of hydrogen-bond donors (Lipinski definition) is 2. The van der Waals surface area contributed by atoms with Crippen LogP contribution in [-0.2, 0) is 4.79 Å². The van der Waals surface area contributed by atoms with Crippen LogP contribution in [-0.4, -0.2) is 33.4 Å². The minimum atomic E-state index is -0.666. The van der Waals surface area contributed by atoms with Gasteiger partial charge >= 0.3 is 0 Å². The molecule has 0 aliphatic heterocycles. The molecule has 1 rings (SSSR count). The van der Waals surface area contributed by atoms with Gasteiger partial charge in [0.2, 0.25) is 5.91 Å². The van der Waals surface area contributed by atoms with Crippen molar-refractivity contribution in [2.45, 2.75) is 50.0 Å². The normalized spacial score (nSPS) is 14.7. The summed E-state index contributed by atoms with van der Waals surface area (Å²) in [5, 5.41) is 12.2. The fraction of sp³-hybridized carbons (Fsp3) is 0.727. The topological polar surface area (TPSA) is 80.9 Å². The lowest BCUT2D eigenvalue weighted by atomic mass is 9.97. The third-order valence-electron chi connectivity index (χ3n) is 2.49. The summed E-state index contributed by atoms with van der Waals surface area (Å²) in [4.78, 5) is 11.5. The van der Waals surface area contributed by atoms with Crippen LogP contribution in [0.15, 0.2) is 4.34 Å². The maximum Gasteiger partial charge on any atom is 0.237 e. The van der Waals surface area contributed by atoms with Crippen molar-refractivity contribution in [2.24, 2.45) is 5.73 Å². The summed E-state index contributed by atoms with van der Waals surface area (Å²) in [6, 6.07) is 0.219. The number of nitrogens with one attached hydrogen (secondary N) is 1. The highest BCUT2D eigenvalue weighted by atomic mass is 32.2. The fourth-order valence-electron chi connectivity index (χ4n) is 1.58. The van der Waals surface area contributed by atoms with Crippen LogP contribution in [0.5, 0.6) is 0 Å². The number of thioether (sulfide) groups is 1. The average Bonchev–Trinajstić information content (AvgIpc) is 2.63. The molecule has 0 aliphatic rings. The van der Waals surface area contributed by atoms with E-state index in [2.05, 4.69) is 15.5 Å². The van der Waals surface area contributed by atoms with Gasteiger partial charge in [0.15, 0.2) is 4.34 Å². The number of nitrogens with zero attached hydrogens (tertiary/aromatic N) is 2. The Hall–Kier alpha value is -0.660. The van der Waals surface area contributed by atoms with E-state index in [1.807, 2.05) is 27.7 Å². The summed E-state index contributed by atoms with van der Waals surface area (Å²) < 4.78 is 0.934. The Kier molecular flexibility index (Phi) is 5.55. The minimum Gasteiger partial charge on any atom is -0.368 e. The molecule has 0 radical (unpaired) electrons. The van der Waals surface area contributed by atoms with E-state index < -0.39 is 5.54 Å². The number of carbonyl (C=O) groups is 1. The Bertz CT molecular complexity index is 408. The molecule has 0 bridgehead atoms. The van der Waals surface area contributed by atoms with E-state index in [1.165, 1.54) is 0 Å². The zero-order valence-corrected chi connectivity index (χ0v) is 12.8. The van der Waals surface area contributed by atoms with Crippen molar-refractivity contribution < 1.29 is 4.79 Å². The van der Waals surface area contributed by atoms with Crippen LogP contribution < -0.4 is 11.1 Å². The summed E-state index contributed by atoms with van der Waals surface area (Å²) in [5.74, 6) is 0.471. The van der Waals surface area contributed by atoms with Crippen LogP contribution in [0.4, 0.5) is 0 Å². The summed E-state index contributed by atoms with van der Waals surface area (Å²) in [5.41, 5.74) is 4.80. The Balaban J connectivity index is 2.50. The smallest absolute Gasteiger partial charge is 0.237 e. The van der Waals surface area contributed by atoms with Gasteiger partial charge in [-0.15, -0.1) is 10.2 Å². The number of aromatic nitrogens is 2.